The third-order valence-electron chi connectivity index (χ3n) is 2.59. The maximum Gasteiger partial charge on any atom is 0.295 e. The lowest BCUT2D eigenvalue weighted by molar-refractivity contribution is 0.0851. The molecule has 0 aliphatic carbocycles. The van der Waals surface area contributed by atoms with E-state index >= 15 is 0 Å². The van der Waals surface area contributed by atoms with Gasteiger partial charge in [0, 0.05) is 0 Å². The van der Waals surface area contributed by atoms with E-state index in [1.54, 1.807) is 18.2 Å². The first kappa shape index (κ1) is 14.2. The molecule has 2 N–H and O–H groups in total. The van der Waals surface area contributed by atoms with Crippen molar-refractivity contribution < 1.29 is 23.0 Å². The van der Waals surface area contributed by atoms with E-state index in [0.29, 0.717) is 5.06 Å². The molecule has 0 fully saturated rings. The highest BCUT2D eigenvalue weighted by molar-refractivity contribution is 7.86. The molecule has 0 aromatic heterocycles. The van der Waals surface area contributed by atoms with Crippen molar-refractivity contribution in [3.05, 3.63) is 60.2 Å². The van der Waals surface area contributed by atoms with Crippen LogP contribution in [0.15, 0.2) is 59.5 Å². The Morgan fingerprint density at radius 2 is 1.50 bits per heavy atom. The van der Waals surface area contributed by atoms with Gasteiger partial charge in [0.2, 0.25) is 0 Å². The van der Waals surface area contributed by atoms with Crippen LogP contribution in [-0.4, -0.2) is 24.1 Å². The van der Waals surface area contributed by atoms with Crippen LogP contribution in [0.1, 0.15) is 10.4 Å². The smallest absolute Gasteiger partial charge is 0.282 e. The summed E-state index contributed by atoms with van der Waals surface area (Å²) < 4.78 is 31.5. The fraction of sp³-hybridized carbons (Fsp3) is 0. The molecule has 104 valence electrons. The Bertz CT molecular complexity index is 727. The van der Waals surface area contributed by atoms with Gasteiger partial charge >= 0.3 is 0 Å². The fourth-order valence-electron chi connectivity index (χ4n) is 1.67. The highest BCUT2D eigenvalue weighted by Crippen LogP contribution is 2.20. The van der Waals surface area contributed by atoms with Crippen molar-refractivity contribution in [2.24, 2.45) is 0 Å². The van der Waals surface area contributed by atoms with Crippen LogP contribution >= 0.6 is 0 Å². The van der Waals surface area contributed by atoms with Gasteiger partial charge in [-0.1, -0.05) is 30.3 Å². The normalized spacial score (nSPS) is 11.1. The van der Waals surface area contributed by atoms with E-state index in [4.69, 9.17) is 4.55 Å². The predicted octanol–water partition coefficient (Wildman–Crippen LogP) is 1.97. The molecule has 0 spiro atoms. The minimum atomic E-state index is -4.55. The molecule has 0 bridgehead atoms. The molecule has 0 unspecified atom stereocenters. The lowest BCUT2D eigenvalue weighted by Gasteiger charge is -2.16. The summed E-state index contributed by atoms with van der Waals surface area (Å²) in [6, 6.07) is 13.0. The third kappa shape index (κ3) is 2.85. The molecule has 7 heteroatoms. The van der Waals surface area contributed by atoms with Gasteiger partial charge in [-0.2, -0.15) is 13.5 Å². The van der Waals surface area contributed by atoms with Crippen molar-refractivity contribution >= 4 is 21.7 Å². The van der Waals surface area contributed by atoms with Crippen LogP contribution in [0.4, 0.5) is 5.69 Å². The van der Waals surface area contributed by atoms with Gasteiger partial charge in [0.05, 0.1) is 11.3 Å². The highest BCUT2D eigenvalue weighted by atomic mass is 32.2. The van der Waals surface area contributed by atoms with E-state index in [1.165, 1.54) is 30.3 Å². The van der Waals surface area contributed by atoms with E-state index in [0.717, 1.165) is 6.07 Å². The summed E-state index contributed by atoms with van der Waals surface area (Å²) in [7, 11) is -4.55. The Morgan fingerprint density at radius 1 is 0.950 bits per heavy atom. The van der Waals surface area contributed by atoms with E-state index in [-0.39, 0.29) is 11.3 Å². The average Bonchev–Trinajstić information content (AvgIpc) is 2.46. The van der Waals surface area contributed by atoms with Crippen LogP contribution < -0.4 is 5.06 Å². The number of carbonyl (C=O) groups is 1. The maximum absolute atomic E-state index is 12.1. The van der Waals surface area contributed by atoms with Crippen LogP contribution in [0, 0.1) is 0 Å². The number of hydrogen-bond acceptors (Lipinski definition) is 4. The number of hydroxylamine groups is 1. The number of carbonyl (C=O) groups excluding carboxylic acids is 1. The molecule has 0 aliphatic heterocycles. The Labute approximate surface area is 115 Å². The van der Waals surface area contributed by atoms with Gasteiger partial charge in [-0.25, -0.2) is 0 Å². The molecule has 0 aliphatic rings. The maximum atomic E-state index is 12.1. The molecule has 0 saturated carbocycles. The molecule has 6 nitrogen and oxygen atoms in total. The third-order valence-corrected chi connectivity index (χ3v) is 3.50. The number of rotatable bonds is 3. The lowest BCUT2D eigenvalue weighted by atomic mass is 10.2. The van der Waals surface area contributed by atoms with E-state index in [2.05, 4.69) is 0 Å². The van der Waals surface area contributed by atoms with Crippen LogP contribution in [0.3, 0.4) is 0 Å². The van der Waals surface area contributed by atoms with Gasteiger partial charge in [-0.05, 0) is 24.3 Å². The topological polar surface area (TPSA) is 94.9 Å². The number of amides is 1. The van der Waals surface area contributed by atoms with E-state index in [9.17, 15) is 18.4 Å². The summed E-state index contributed by atoms with van der Waals surface area (Å²) in [5, 5.41) is 10.2. The number of hydrogen-bond donors (Lipinski definition) is 2. The van der Waals surface area contributed by atoms with Crippen LogP contribution in [-0.2, 0) is 10.1 Å². The quantitative estimate of drug-likeness (QED) is 0.512. The first-order valence-corrected chi connectivity index (χ1v) is 7.00. The van der Waals surface area contributed by atoms with Gasteiger partial charge in [0.15, 0.2) is 0 Å². The first-order chi connectivity index (χ1) is 9.41. The molecule has 0 radical (unpaired) electrons. The Morgan fingerprint density at radius 3 is 2.10 bits per heavy atom. The molecule has 2 rings (SSSR count). The summed E-state index contributed by atoms with van der Waals surface area (Å²) in [4.78, 5) is 11.6. The van der Waals surface area contributed by atoms with Crippen molar-refractivity contribution in [2.75, 3.05) is 5.06 Å². The molecule has 20 heavy (non-hydrogen) atoms. The van der Waals surface area contributed by atoms with Crippen molar-refractivity contribution in [3.8, 4) is 0 Å². The number of nitrogens with zero attached hydrogens (tertiary/aromatic N) is 1. The monoisotopic (exact) mass is 293 g/mol. The van der Waals surface area contributed by atoms with Gasteiger partial charge < -0.3 is 0 Å². The van der Waals surface area contributed by atoms with Gasteiger partial charge in [0.25, 0.3) is 16.0 Å². The minimum Gasteiger partial charge on any atom is -0.282 e. The molecule has 2 aromatic carbocycles. The largest absolute Gasteiger partial charge is 0.295 e. The molecule has 2 aromatic rings. The second-order valence-corrected chi connectivity index (χ2v) is 5.31. The lowest BCUT2D eigenvalue weighted by Crippen LogP contribution is -2.28. The molecule has 0 atom stereocenters. The summed E-state index contributed by atoms with van der Waals surface area (Å²) >= 11 is 0. The van der Waals surface area contributed by atoms with Gasteiger partial charge in [-0.3, -0.25) is 14.6 Å². The van der Waals surface area contributed by atoms with Crippen molar-refractivity contribution in [2.45, 2.75) is 4.90 Å². The first-order valence-electron chi connectivity index (χ1n) is 5.56. The molecule has 1 amide bonds. The summed E-state index contributed by atoms with van der Waals surface area (Å²) in [6.45, 7) is 0. The highest BCUT2D eigenvalue weighted by Gasteiger charge is 2.24. The zero-order valence-corrected chi connectivity index (χ0v) is 11.0. The number of para-hydroxylation sites is 1. The van der Waals surface area contributed by atoms with E-state index < -0.39 is 20.9 Å². The average molecular weight is 293 g/mol. The summed E-state index contributed by atoms with van der Waals surface area (Å²) in [5.74, 6) is -0.954. The second-order valence-electron chi connectivity index (χ2n) is 3.92. The molecule has 0 heterocycles. The Kier molecular flexibility index (Phi) is 3.84. The SMILES string of the molecule is O=C(c1ccccc1S(=O)(=O)O)N(O)c1ccccc1. The molecular weight excluding hydrogens is 282 g/mol. The Hall–Kier alpha value is -2.22. The van der Waals surface area contributed by atoms with Crippen molar-refractivity contribution in [1.29, 1.82) is 0 Å². The van der Waals surface area contributed by atoms with E-state index in [1.807, 2.05) is 0 Å². The summed E-state index contributed by atoms with van der Waals surface area (Å²) in [6.07, 6.45) is 0. The Balaban J connectivity index is 2.45. The van der Waals surface area contributed by atoms with Crippen molar-refractivity contribution in [3.63, 3.8) is 0 Å². The van der Waals surface area contributed by atoms with Crippen LogP contribution in [0.5, 0.6) is 0 Å². The number of anilines is 1. The van der Waals surface area contributed by atoms with Crippen molar-refractivity contribution in [1.82, 2.24) is 0 Å². The van der Waals surface area contributed by atoms with Crippen LogP contribution in [0.2, 0.25) is 0 Å². The number of benzene rings is 2. The minimum absolute atomic E-state index is 0.183. The summed E-state index contributed by atoms with van der Waals surface area (Å²) in [5.41, 5.74) is -0.135. The standard InChI is InChI=1S/C13H11NO5S/c15-13(14(16)10-6-2-1-3-7-10)11-8-4-5-9-12(11)20(17,18)19/h1-9,16H,(H,17,18,19). The fourth-order valence-corrected chi connectivity index (χ4v) is 2.35. The zero-order valence-electron chi connectivity index (χ0n) is 10.2. The second kappa shape index (κ2) is 5.41. The van der Waals surface area contributed by atoms with Crippen LogP contribution in [0.25, 0.3) is 0 Å². The zero-order chi connectivity index (χ0) is 14.8. The van der Waals surface area contributed by atoms with Gasteiger partial charge in [0.1, 0.15) is 4.90 Å². The molecular formula is C13H11NO5S. The molecule has 0 saturated heterocycles. The van der Waals surface area contributed by atoms with Gasteiger partial charge in [-0.15, -0.1) is 0 Å². The predicted molar refractivity (Wildman–Crippen MR) is 71.3 cm³/mol.